The number of rotatable bonds is 0. The fourth-order valence-electron chi connectivity index (χ4n) is 0. The summed E-state index contributed by atoms with van der Waals surface area (Å²) in [6.45, 7) is 0. The van der Waals surface area contributed by atoms with Crippen molar-refractivity contribution in [1.29, 1.82) is 0 Å². The van der Waals surface area contributed by atoms with Crippen molar-refractivity contribution in [2.24, 2.45) is 0 Å². The molecule has 0 nitrogen and oxygen atoms in total. The zero-order chi connectivity index (χ0) is 0. The van der Waals surface area contributed by atoms with Crippen LogP contribution in [0.5, 0.6) is 0 Å². The van der Waals surface area contributed by atoms with E-state index in [9.17, 15) is 0 Å². The summed E-state index contributed by atoms with van der Waals surface area (Å²) in [5.74, 6) is 0. The fourth-order valence-corrected chi connectivity index (χ4v) is 0. The van der Waals surface area contributed by atoms with Crippen molar-refractivity contribution in [1.82, 2.24) is 0 Å². The van der Waals surface area contributed by atoms with E-state index >= 15 is 0 Å². The molecule has 0 aliphatic rings. The van der Waals surface area contributed by atoms with Crippen molar-refractivity contribution >= 4 is 91.4 Å². The molecule has 0 heterocycles. The molecule has 0 N–H and O–H groups in total. The van der Waals surface area contributed by atoms with E-state index < -0.39 is 0 Å². The Kier molecular flexibility index (Phi) is 238. The van der Waals surface area contributed by atoms with Gasteiger partial charge < -0.3 is 35.9 Å². The minimum Gasteiger partial charge on any atom is -3.00 e. The third kappa shape index (κ3) is 19.3. The van der Waals surface area contributed by atoms with Crippen molar-refractivity contribution in [3.63, 3.8) is 0 Å². The monoisotopic (exact) mass is 365 g/mol. The first-order valence-electron chi connectivity index (χ1n) is 0. The van der Waals surface area contributed by atoms with Gasteiger partial charge in [-0.3, -0.25) is 0 Å². The summed E-state index contributed by atoms with van der Waals surface area (Å²) in [6, 6.07) is 0. The molecule has 0 aliphatic carbocycles. The molecule has 0 rings (SSSR count). The molecule has 0 saturated heterocycles. The zero-order valence-electron chi connectivity index (χ0n) is 2.50. The van der Waals surface area contributed by atoms with E-state index in [1.54, 1.807) is 0 Å². The second kappa shape index (κ2) is 27.7. The van der Waals surface area contributed by atoms with Crippen LogP contribution < -0.4 is 0 Å². The molecule has 3 radical (unpaired) electrons. The van der Waals surface area contributed by atoms with Crippen LogP contribution in [0.4, 0.5) is 0 Å². The Hall–Kier alpha value is 3.05. The van der Waals surface area contributed by atoms with Crippen molar-refractivity contribution < 1.29 is 0 Å². The van der Waals surface area contributed by atoms with E-state index in [2.05, 4.69) is 0 Å². The largest absolute Gasteiger partial charge is 3.00 e. The van der Waals surface area contributed by atoms with E-state index in [0.29, 0.717) is 0 Å². The molecule has 0 atom stereocenters. The Bertz CT molecular complexity index is 9.61. The summed E-state index contributed by atoms with van der Waals surface area (Å²) in [7, 11) is 0. The average Bonchev–Trinajstić information content (AvgIpc) is 0. The maximum atomic E-state index is 0. The molecular weight excluding hydrogens is 365 g/mol. The molecule has 0 aromatic heterocycles. The SMILES string of the molecule is [As-3].[As-3].[Ga+3].[In+3].[P]. The van der Waals surface area contributed by atoms with Gasteiger partial charge in [-0.1, -0.05) is 0 Å². The summed E-state index contributed by atoms with van der Waals surface area (Å²) < 4.78 is 0. The Morgan fingerprint density at radius 3 is 0.800 bits per heavy atom. The van der Waals surface area contributed by atoms with E-state index in [1.165, 1.54) is 0 Å². The molecule has 0 amide bonds. The first-order valence-corrected chi connectivity index (χ1v) is 0. The van der Waals surface area contributed by atoms with Gasteiger partial charge in [-0.25, -0.2) is 0 Å². The van der Waals surface area contributed by atoms with Crippen LogP contribution in [0.25, 0.3) is 0 Å². The number of hydrogen-bond donors (Lipinski definition) is 0. The molecule has 5 heteroatoms. The van der Waals surface area contributed by atoms with Crippen LogP contribution in [0, 0.1) is 0 Å². The topological polar surface area (TPSA) is 0 Å². The second-order valence-corrected chi connectivity index (χ2v) is 0. The zero-order valence-corrected chi connectivity index (χ0v) is 12.9. The summed E-state index contributed by atoms with van der Waals surface area (Å²) in [5.41, 5.74) is 0. The molecule has 0 aromatic rings. The molecule has 5 heavy (non-hydrogen) atoms. The Labute approximate surface area is 90.1 Å². The van der Waals surface area contributed by atoms with Crippen LogP contribution >= 0.6 is 9.90 Å². The van der Waals surface area contributed by atoms with E-state index in [0.717, 1.165) is 0 Å². The third-order valence-corrected chi connectivity index (χ3v) is 0. The van der Waals surface area contributed by atoms with Gasteiger partial charge in [0.25, 0.3) is 0 Å². The van der Waals surface area contributed by atoms with Gasteiger partial charge in [-0.2, -0.15) is 0 Å². The normalized spacial score (nSPS) is 0. The van der Waals surface area contributed by atoms with Crippen LogP contribution in [-0.4, -0.2) is 81.5 Å². The van der Waals surface area contributed by atoms with Crippen LogP contribution in [0.2, 0.25) is 0 Å². The number of hydrogen-bond acceptors (Lipinski definition) is 0. The standard InChI is InChI=1S/2As.Ga.In.P/q2*-3;2*+3;. The summed E-state index contributed by atoms with van der Waals surface area (Å²) in [6.07, 6.45) is 0. The maximum Gasteiger partial charge on any atom is 3.00 e. The van der Waals surface area contributed by atoms with Gasteiger partial charge in [0.2, 0.25) is 0 Å². The second-order valence-electron chi connectivity index (χ2n) is 0. The van der Waals surface area contributed by atoms with Crippen LogP contribution in [0.1, 0.15) is 0 Å². The van der Waals surface area contributed by atoms with Crippen LogP contribution in [0.15, 0.2) is 0 Å². The smallest absolute Gasteiger partial charge is 3.00 e. The van der Waals surface area contributed by atoms with Gasteiger partial charge in [0.1, 0.15) is 0 Å². The maximum absolute atomic E-state index is 0. The van der Waals surface area contributed by atoms with Crippen molar-refractivity contribution in [2.45, 2.75) is 0 Å². The molecule has 0 spiro atoms. The van der Waals surface area contributed by atoms with Gasteiger partial charge in [0, 0.05) is 9.90 Å². The van der Waals surface area contributed by atoms with Gasteiger partial charge in [0.05, 0.1) is 0 Å². The van der Waals surface area contributed by atoms with E-state index in [-0.39, 0.29) is 91.4 Å². The van der Waals surface area contributed by atoms with Crippen molar-refractivity contribution in [2.75, 3.05) is 0 Å². The van der Waals surface area contributed by atoms with Crippen LogP contribution in [-0.2, 0) is 0 Å². The first-order chi connectivity index (χ1) is 0. The van der Waals surface area contributed by atoms with E-state index in [4.69, 9.17) is 0 Å². The van der Waals surface area contributed by atoms with Gasteiger partial charge in [-0.05, 0) is 0 Å². The molecule has 0 saturated carbocycles. The molecule has 0 aromatic carbocycles. The van der Waals surface area contributed by atoms with Gasteiger partial charge in [0.15, 0.2) is 0 Å². The predicted molar refractivity (Wildman–Crippen MR) is 29.9 cm³/mol. The summed E-state index contributed by atoms with van der Waals surface area (Å²) >= 11 is 0. The summed E-state index contributed by atoms with van der Waals surface area (Å²) in [4.78, 5) is 0. The minimum absolute atomic E-state index is 0. The summed E-state index contributed by atoms with van der Waals surface area (Å²) in [5, 5.41) is 0. The Morgan fingerprint density at radius 2 is 0.800 bits per heavy atom. The molecule has 0 aliphatic heterocycles. The quantitative estimate of drug-likeness (QED) is 0.395. The Balaban J connectivity index is 0. The minimum atomic E-state index is 0. The van der Waals surface area contributed by atoms with Crippen molar-refractivity contribution in [3.05, 3.63) is 0 Å². The van der Waals surface area contributed by atoms with Gasteiger partial charge >= 0.3 is 45.6 Å². The first kappa shape index (κ1) is 43.0. The predicted octanol–water partition coefficient (Wildman–Crippen LogP) is -0.662. The molecule has 0 bridgehead atoms. The van der Waals surface area contributed by atoms with Gasteiger partial charge in [-0.15, -0.1) is 0 Å². The fraction of sp³-hybridized carbons (Fsp3) is 0. The average molecular weight is 365 g/mol. The van der Waals surface area contributed by atoms with E-state index in [1.807, 2.05) is 0 Å². The molecule has 21 valence electrons. The molecule has 0 fully saturated rings. The molecule has 0 unspecified atom stereocenters. The Morgan fingerprint density at radius 1 is 0.800 bits per heavy atom. The molecular formula is As2GaInP. The van der Waals surface area contributed by atoms with Crippen LogP contribution in [0.3, 0.4) is 0 Å². The third-order valence-electron chi connectivity index (χ3n) is 0. The van der Waals surface area contributed by atoms with Crippen molar-refractivity contribution in [3.8, 4) is 0 Å².